The van der Waals surface area contributed by atoms with Crippen molar-refractivity contribution in [3.05, 3.63) is 80.1 Å². The summed E-state index contributed by atoms with van der Waals surface area (Å²) in [5.41, 5.74) is 3.64. The van der Waals surface area contributed by atoms with Crippen LogP contribution < -0.4 is 14.9 Å². The number of esters is 1. The third-order valence-corrected chi connectivity index (χ3v) is 5.33. The van der Waals surface area contributed by atoms with E-state index in [1.165, 1.54) is 37.9 Å². The van der Waals surface area contributed by atoms with E-state index in [1.807, 2.05) is 0 Å². The van der Waals surface area contributed by atoms with E-state index in [9.17, 15) is 19.7 Å². The molecule has 1 atom stereocenters. The molecule has 0 aliphatic heterocycles. The topological polar surface area (TPSA) is 138 Å². The van der Waals surface area contributed by atoms with Gasteiger partial charge >= 0.3 is 11.7 Å². The zero-order chi connectivity index (χ0) is 25.7. The summed E-state index contributed by atoms with van der Waals surface area (Å²) < 4.78 is 12.0. The van der Waals surface area contributed by atoms with Crippen molar-refractivity contribution in [1.82, 2.24) is 15.2 Å². The van der Waals surface area contributed by atoms with E-state index in [2.05, 4.69) is 15.6 Å². The summed E-state index contributed by atoms with van der Waals surface area (Å²) in [5.74, 6) is -0.603. The van der Waals surface area contributed by atoms with Crippen LogP contribution in [0.5, 0.6) is 11.5 Å². The maximum atomic E-state index is 12.5. The van der Waals surface area contributed by atoms with Gasteiger partial charge in [-0.05, 0) is 68.8 Å². The molecule has 3 rings (SSSR count). The Bertz CT molecular complexity index is 1300. The Hall–Kier alpha value is -4.25. The predicted octanol–water partition coefficient (Wildman–Crippen LogP) is 4.00. The maximum Gasteiger partial charge on any atom is 0.343 e. The van der Waals surface area contributed by atoms with Crippen molar-refractivity contribution in [2.45, 2.75) is 26.8 Å². The van der Waals surface area contributed by atoms with Crippen molar-refractivity contribution in [2.24, 2.45) is 5.10 Å². The summed E-state index contributed by atoms with van der Waals surface area (Å²) in [6.45, 7) is 4.59. The average molecular weight is 500 g/mol. The molecule has 0 aliphatic carbocycles. The molecule has 12 heteroatoms. The Morgan fingerprint density at radius 1 is 1.20 bits per heavy atom. The minimum atomic E-state index is -0.830. The number of hydrazone groups is 1. The Balaban J connectivity index is 1.67. The lowest BCUT2D eigenvalue weighted by Gasteiger charge is -2.12. The first-order chi connectivity index (χ1) is 16.6. The van der Waals surface area contributed by atoms with Gasteiger partial charge in [-0.3, -0.25) is 19.6 Å². The van der Waals surface area contributed by atoms with Crippen LogP contribution in [0.2, 0.25) is 5.02 Å². The molecule has 0 saturated carbocycles. The lowest BCUT2D eigenvalue weighted by atomic mass is 10.2. The average Bonchev–Trinajstić information content (AvgIpc) is 3.13. The van der Waals surface area contributed by atoms with Gasteiger partial charge in [0.15, 0.2) is 11.5 Å². The lowest BCUT2D eigenvalue weighted by molar-refractivity contribution is -0.386. The monoisotopic (exact) mass is 499 g/mol. The molecule has 1 N–H and O–H groups in total. The first-order valence-corrected chi connectivity index (χ1v) is 10.7. The van der Waals surface area contributed by atoms with Crippen LogP contribution in [0.1, 0.15) is 40.3 Å². The molecule has 1 unspecified atom stereocenters. The van der Waals surface area contributed by atoms with Crippen LogP contribution in [-0.4, -0.2) is 39.9 Å². The van der Waals surface area contributed by atoms with Gasteiger partial charge in [-0.1, -0.05) is 11.6 Å². The summed E-state index contributed by atoms with van der Waals surface area (Å²) in [5, 5.41) is 19.7. The molecular formula is C23H22ClN5O6. The molecule has 3 aromatic rings. The fraction of sp³-hybridized carbons (Fsp3) is 0.217. The Labute approximate surface area is 205 Å². The molecule has 35 heavy (non-hydrogen) atoms. The molecule has 0 spiro atoms. The SMILES string of the molecule is COc1cc(/C=N/NC(=O)C(C)n2nc(C)c([N+](=O)[O-])c2C)ccc1OC(=O)c1ccc(Cl)cc1. The third-order valence-electron chi connectivity index (χ3n) is 5.07. The number of aromatic nitrogens is 2. The van der Waals surface area contributed by atoms with Crippen LogP contribution in [0.15, 0.2) is 47.6 Å². The first kappa shape index (κ1) is 25.4. The minimum Gasteiger partial charge on any atom is -0.493 e. The second-order valence-corrected chi connectivity index (χ2v) is 7.87. The van der Waals surface area contributed by atoms with Crippen molar-refractivity contribution < 1.29 is 24.0 Å². The van der Waals surface area contributed by atoms with E-state index in [1.54, 1.807) is 43.3 Å². The molecule has 1 amide bonds. The zero-order valence-corrected chi connectivity index (χ0v) is 20.1. The van der Waals surface area contributed by atoms with Gasteiger partial charge in [-0.15, -0.1) is 0 Å². The number of hydrogen-bond acceptors (Lipinski definition) is 8. The molecule has 0 saturated heterocycles. The van der Waals surface area contributed by atoms with Crippen LogP contribution in [0.3, 0.4) is 0 Å². The van der Waals surface area contributed by atoms with E-state index in [-0.39, 0.29) is 28.6 Å². The summed E-state index contributed by atoms with van der Waals surface area (Å²) in [4.78, 5) is 35.5. The van der Waals surface area contributed by atoms with Crippen LogP contribution in [0.4, 0.5) is 5.69 Å². The van der Waals surface area contributed by atoms with E-state index < -0.39 is 22.8 Å². The molecule has 0 bridgehead atoms. The molecule has 0 radical (unpaired) electrons. The van der Waals surface area contributed by atoms with Gasteiger partial charge < -0.3 is 9.47 Å². The number of ether oxygens (including phenoxy) is 2. The van der Waals surface area contributed by atoms with E-state index in [0.717, 1.165) is 0 Å². The second-order valence-electron chi connectivity index (χ2n) is 7.44. The van der Waals surface area contributed by atoms with E-state index in [0.29, 0.717) is 16.1 Å². The van der Waals surface area contributed by atoms with Crippen LogP contribution >= 0.6 is 11.6 Å². The number of benzene rings is 2. The quantitative estimate of drug-likeness (QED) is 0.162. The maximum absolute atomic E-state index is 12.5. The molecular weight excluding hydrogens is 478 g/mol. The number of nitro groups is 1. The lowest BCUT2D eigenvalue weighted by Crippen LogP contribution is -2.28. The number of halogens is 1. The van der Waals surface area contributed by atoms with Crippen molar-refractivity contribution in [1.29, 1.82) is 0 Å². The van der Waals surface area contributed by atoms with Crippen LogP contribution in [-0.2, 0) is 4.79 Å². The Morgan fingerprint density at radius 2 is 1.89 bits per heavy atom. The number of nitrogens with one attached hydrogen (secondary N) is 1. The predicted molar refractivity (Wildman–Crippen MR) is 128 cm³/mol. The van der Waals surface area contributed by atoms with Gasteiger partial charge in [-0.2, -0.15) is 10.2 Å². The van der Waals surface area contributed by atoms with Crippen molar-refractivity contribution >= 4 is 35.4 Å². The van der Waals surface area contributed by atoms with Crippen LogP contribution in [0, 0.1) is 24.0 Å². The summed E-state index contributed by atoms with van der Waals surface area (Å²) in [6.07, 6.45) is 1.38. The number of carbonyl (C=O) groups excluding carboxylic acids is 2. The fourth-order valence-corrected chi connectivity index (χ4v) is 3.39. The highest BCUT2D eigenvalue weighted by molar-refractivity contribution is 6.30. The highest BCUT2D eigenvalue weighted by Crippen LogP contribution is 2.29. The standard InChI is InChI=1S/C23H22ClN5O6/c1-13-21(29(32)33)14(2)28(27-13)15(3)22(30)26-25-12-16-5-10-19(20(11-16)34-4)35-23(31)17-6-8-18(24)9-7-17/h5-12,15H,1-4H3,(H,26,30)/b25-12+. The fourth-order valence-electron chi connectivity index (χ4n) is 3.26. The minimum absolute atomic E-state index is 0.128. The molecule has 1 heterocycles. The number of carbonyl (C=O) groups is 2. The number of rotatable bonds is 8. The molecule has 182 valence electrons. The number of aryl methyl sites for hydroxylation is 1. The van der Waals surface area contributed by atoms with E-state index >= 15 is 0 Å². The Kier molecular flexibility index (Phi) is 7.82. The van der Waals surface area contributed by atoms with Gasteiger partial charge in [0.1, 0.15) is 17.4 Å². The number of amides is 1. The molecule has 2 aromatic carbocycles. The summed E-state index contributed by atoms with van der Waals surface area (Å²) in [6, 6.07) is 10.2. The van der Waals surface area contributed by atoms with Crippen LogP contribution in [0.25, 0.3) is 0 Å². The number of methoxy groups -OCH3 is 1. The smallest absolute Gasteiger partial charge is 0.343 e. The molecule has 11 nitrogen and oxygen atoms in total. The normalized spacial score (nSPS) is 11.8. The largest absolute Gasteiger partial charge is 0.493 e. The van der Waals surface area contributed by atoms with E-state index in [4.69, 9.17) is 21.1 Å². The summed E-state index contributed by atoms with van der Waals surface area (Å²) in [7, 11) is 1.42. The molecule has 0 fully saturated rings. The first-order valence-electron chi connectivity index (χ1n) is 10.3. The zero-order valence-electron chi connectivity index (χ0n) is 19.3. The van der Waals surface area contributed by atoms with Gasteiger partial charge in [0, 0.05) is 5.02 Å². The Morgan fingerprint density at radius 3 is 2.49 bits per heavy atom. The van der Waals surface area contributed by atoms with Crippen molar-refractivity contribution in [2.75, 3.05) is 7.11 Å². The van der Waals surface area contributed by atoms with Gasteiger partial charge in [0.05, 0.1) is 23.8 Å². The molecule has 1 aromatic heterocycles. The highest BCUT2D eigenvalue weighted by Gasteiger charge is 2.26. The second kappa shape index (κ2) is 10.8. The van der Waals surface area contributed by atoms with Crippen molar-refractivity contribution in [3.63, 3.8) is 0 Å². The highest BCUT2D eigenvalue weighted by atomic mass is 35.5. The number of nitrogens with zero attached hydrogens (tertiary/aromatic N) is 4. The molecule has 0 aliphatic rings. The van der Waals surface area contributed by atoms with Gasteiger partial charge in [0.25, 0.3) is 5.91 Å². The van der Waals surface area contributed by atoms with Gasteiger partial charge in [0.2, 0.25) is 0 Å². The summed E-state index contributed by atoms with van der Waals surface area (Å²) >= 11 is 5.84. The van der Waals surface area contributed by atoms with Crippen molar-refractivity contribution in [3.8, 4) is 11.5 Å². The van der Waals surface area contributed by atoms with Gasteiger partial charge in [-0.25, -0.2) is 10.2 Å². The third kappa shape index (κ3) is 5.82. The number of hydrogen-bond donors (Lipinski definition) is 1.